The summed E-state index contributed by atoms with van der Waals surface area (Å²) in [6.07, 6.45) is 3.08. The molecule has 4 N–H and O–H groups in total. The van der Waals surface area contributed by atoms with E-state index in [1.54, 1.807) is 0 Å². The molecule has 0 aromatic heterocycles. The first-order valence-electron chi connectivity index (χ1n) is 18.0. The first-order valence-corrected chi connectivity index (χ1v) is 18.0. The molecule has 3 heterocycles. The number of aliphatic hydroxyl groups excluding tert-OH is 4. The third-order valence-electron chi connectivity index (χ3n) is 16.2. The van der Waals surface area contributed by atoms with E-state index in [4.69, 9.17) is 23.7 Å². The fraction of sp³-hybridized carbons (Fsp3) is 1.00. The lowest BCUT2D eigenvalue weighted by molar-refractivity contribution is -0.303. The van der Waals surface area contributed by atoms with E-state index in [2.05, 4.69) is 48.5 Å². The summed E-state index contributed by atoms with van der Waals surface area (Å²) in [6.45, 7) is 16.4. The third-order valence-corrected chi connectivity index (χ3v) is 16.2. The molecule has 0 aromatic carbocycles. The molecule has 5 saturated carbocycles. The van der Waals surface area contributed by atoms with Gasteiger partial charge < -0.3 is 44.1 Å². The summed E-state index contributed by atoms with van der Waals surface area (Å²) in [5, 5.41) is 43.3. The Balaban J connectivity index is 1.05. The van der Waals surface area contributed by atoms with Gasteiger partial charge in [-0.05, 0) is 111 Å². The summed E-state index contributed by atoms with van der Waals surface area (Å²) in [7, 11) is 0. The minimum Gasteiger partial charge on any atom is -0.390 e. The Morgan fingerprint density at radius 3 is 2.22 bits per heavy atom. The number of ether oxygens (including phenoxy) is 5. The van der Waals surface area contributed by atoms with Gasteiger partial charge in [-0.2, -0.15) is 0 Å². The molecule has 256 valence electrons. The lowest BCUT2D eigenvalue weighted by atomic mass is 9.41. The summed E-state index contributed by atoms with van der Waals surface area (Å²) < 4.78 is 31.1. The number of fused-ring (bicyclic) bond motifs is 4. The second kappa shape index (κ2) is 9.87. The predicted octanol–water partition coefficient (Wildman–Crippen LogP) is 3.78. The maximum absolute atomic E-state index is 12.5. The summed E-state index contributed by atoms with van der Waals surface area (Å²) >= 11 is 0. The smallest absolute Gasteiger partial charge is 0.186 e. The maximum atomic E-state index is 12.5. The molecule has 9 nitrogen and oxygen atoms in total. The van der Waals surface area contributed by atoms with E-state index in [9.17, 15) is 20.4 Å². The summed E-state index contributed by atoms with van der Waals surface area (Å²) in [6, 6.07) is 0. The van der Waals surface area contributed by atoms with E-state index in [-0.39, 0.29) is 58.1 Å². The Kier molecular flexibility index (Phi) is 7.00. The quantitative estimate of drug-likeness (QED) is 0.343. The van der Waals surface area contributed by atoms with E-state index in [1.165, 1.54) is 12.8 Å². The molecular weight excluding hydrogens is 576 g/mol. The molecule has 9 heteroatoms. The van der Waals surface area contributed by atoms with Crippen molar-refractivity contribution in [2.45, 2.75) is 161 Å². The first-order chi connectivity index (χ1) is 21.0. The Morgan fingerprint density at radius 1 is 0.800 bits per heavy atom. The summed E-state index contributed by atoms with van der Waals surface area (Å²) in [4.78, 5) is 0. The zero-order valence-electron chi connectivity index (χ0n) is 28.4. The minimum atomic E-state index is -1.27. The lowest BCUT2D eigenvalue weighted by Gasteiger charge is -2.64. The zero-order chi connectivity index (χ0) is 32.1. The van der Waals surface area contributed by atoms with Crippen LogP contribution in [0.4, 0.5) is 0 Å². The van der Waals surface area contributed by atoms with Crippen LogP contribution in [0.2, 0.25) is 0 Å². The van der Waals surface area contributed by atoms with Crippen molar-refractivity contribution in [1.29, 1.82) is 0 Å². The average molecular weight is 635 g/mol. The molecule has 5 aliphatic carbocycles. The van der Waals surface area contributed by atoms with Crippen molar-refractivity contribution in [3.05, 3.63) is 0 Å². The van der Waals surface area contributed by atoms with Crippen molar-refractivity contribution >= 4 is 0 Å². The number of hydrogen-bond donors (Lipinski definition) is 4. The molecule has 2 spiro atoms. The Hall–Kier alpha value is -0.360. The van der Waals surface area contributed by atoms with Crippen molar-refractivity contribution in [3.8, 4) is 0 Å². The second-order valence-corrected chi connectivity index (χ2v) is 18.4. The highest BCUT2D eigenvalue weighted by Crippen LogP contribution is 2.89. The van der Waals surface area contributed by atoms with Gasteiger partial charge in [0.25, 0.3) is 0 Å². The van der Waals surface area contributed by atoms with Gasteiger partial charge in [-0.3, -0.25) is 0 Å². The van der Waals surface area contributed by atoms with Crippen LogP contribution in [0.15, 0.2) is 0 Å². The fourth-order valence-electron chi connectivity index (χ4n) is 13.9. The van der Waals surface area contributed by atoms with E-state index < -0.39 is 36.3 Å². The van der Waals surface area contributed by atoms with Crippen LogP contribution in [-0.2, 0) is 23.7 Å². The van der Waals surface area contributed by atoms with Crippen molar-refractivity contribution < 1.29 is 44.1 Å². The molecule has 8 fully saturated rings. The van der Waals surface area contributed by atoms with Gasteiger partial charge in [-0.25, -0.2) is 0 Å². The van der Waals surface area contributed by atoms with Crippen molar-refractivity contribution in [3.63, 3.8) is 0 Å². The van der Waals surface area contributed by atoms with Crippen molar-refractivity contribution in [2.24, 2.45) is 50.7 Å². The van der Waals surface area contributed by atoms with Crippen LogP contribution in [0.5, 0.6) is 0 Å². The highest BCUT2D eigenvalue weighted by atomic mass is 16.7. The fourth-order valence-corrected chi connectivity index (χ4v) is 13.9. The second-order valence-electron chi connectivity index (χ2n) is 18.4. The van der Waals surface area contributed by atoms with Crippen LogP contribution < -0.4 is 0 Å². The van der Waals surface area contributed by atoms with Crippen LogP contribution in [0.1, 0.15) is 99.8 Å². The summed E-state index contributed by atoms with van der Waals surface area (Å²) in [5.74, 6) is 1.68. The van der Waals surface area contributed by atoms with Gasteiger partial charge in [0.2, 0.25) is 0 Å². The number of rotatable bonds is 3. The van der Waals surface area contributed by atoms with Crippen molar-refractivity contribution in [2.75, 3.05) is 13.4 Å². The van der Waals surface area contributed by atoms with Crippen molar-refractivity contribution in [1.82, 2.24) is 0 Å². The van der Waals surface area contributed by atoms with Gasteiger partial charge in [0.05, 0.1) is 36.6 Å². The molecule has 0 radical (unpaired) electrons. The van der Waals surface area contributed by atoms with Gasteiger partial charge in [0.1, 0.15) is 31.2 Å². The molecular formula is C36H58O9. The maximum Gasteiger partial charge on any atom is 0.186 e. The van der Waals surface area contributed by atoms with Crippen LogP contribution in [0, 0.1) is 50.7 Å². The predicted molar refractivity (Wildman–Crippen MR) is 164 cm³/mol. The molecule has 3 aliphatic heterocycles. The topological polar surface area (TPSA) is 127 Å². The zero-order valence-corrected chi connectivity index (χ0v) is 28.4. The van der Waals surface area contributed by atoms with E-state index in [1.807, 2.05) is 0 Å². The van der Waals surface area contributed by atoms with Crippen LogP contribution in [0.25, 0.3) is 0 Å². The Bertz CT molecular complexity index is 1190. The largest absolute Gasteiger partial charge is 0.390 e. The van der Waals surface area contributed by atoms with Gasteiger partial charge >= 0.3 is 0 Å². The molecule has 17 atom stereocenters. The monoisotopic (exact) mass is 634 g/mol. The standard InChI is InChI=1S/C36H58O9/c1-18-14-20(29-32(4,5)43-17-42-29)44-27-24(18)33(6)12-13-36-16-35(36)11-10-23(45-30-26(39)25(38)19(37)15-41-30)31(2,3)21(35)8-9-22(36)34(33,7)28(27)40/h18-30,37-40H,8-17H2,1-7H3/t18-,19-,20-,21+,22+,23+,24?,25+,26-,27?,28+,29+,30+,33-,34-,35-,36+/m1/s1. The summed E-state index contributed by atoms with van der Waals surface area (Å²) in [5.41, 5.74) is -0.285. The number of aliphatic hydroxyl groups is 4. The lowest BCUT2D eigenvalue weighted by Crippen LogP contribution is -2.61. The highest BCUT2D eigenvalue weighted by Gasteiger charge is 2.84. The molecule has 3 saturated heterocycles. The van der Waals surface area contributed by atoms with E-state index in [0.29, 0.717) is 30.5 Å². The molecule has 0 bridgehead atoms. The Labute approximate surface area is 268 Å². The van der Waals surface area contributed by atoms with Gasteiger partial charge in [-0.15, -0.1) is 0 Å². The van der Waals surface area contributed by atoms with Crippen LogP contribution in [0.3, 0.4) is 0 Å². The normalized spacial score (nSPS) is 61.0. The van der Waals surface area contributed by atoms with Gasteiger partial charge in [-0.1, -0.05) is 34.6 Å². The molecule has 45 heavy (non-hydrogen) atoms. The molecule has 0 aromatic rings. The molecule has 8 aliphatic rings. The van der Waals surface area contributed by atoms with Gasteiger partial charge in [0.15, 0.2) is 6.29 Å². The minimum absolute atomic E-state index is 0.00620. The van der Waals surface area contributed by atoms with E-state index >= 15 is 0 Å². The molecule has 2 unspecified atom stereocenters. The molecule has 0 amide bonds. The molecule has 8 rings (SSSR count). The highest BCUT2D eigenvalue weighted by molar-refractivity contribution is 5.33. The van der Waals surface area contributed by atoms with Crippen LogP contribution in [-0.4, -0.2) is 94.5 Å². The van der Waals surface area contributed by atoms with E-state index in [0.717, 1.165) is 38.5 Å². The van der Waals surface area contributed by atoms with Crippen LogP contribution >= 0.6 is 0 Å². The Morgan fingerprint density at radius 2 is 1.51 bits per heavy atom. The average Bonchev–Trinajstić information content (AvgIpc) is 3.45. The SMILES string of the molecule is C[C@@H]1C[C@H]([C@@H]2OCOC2(C)C)OC2C1[C@@]1(C)CC[C@@]34C[C@@]35CC[C@H](O[C@@H]3OC[C@@H](O)[C@H](O)[C@H]3O)C(C)(C)[C@@H]5CC[C@H]4[C@]1(C)[C@H]2O. The number of hydrogen-bond acceptors (Lipinski definition) is 9. The first kappa shape index (κ1) is 31.9. The van der Waals surface area contributed by atoms with Gasteiger partial charge in [0, 0.05) is 5.41 Å². The third kappa shape index (κ3) is 3.88.